The Morgan fingerprint density at radius 3 is 2.12 bits per heavy atom. The van der Waals surface area contributed by atoms with E-state index in [0.29, 0.717) is 0 Å². The molecule has 0 bridgehead atoms. The summed E-state index contributed by atoms with van der Waals surface area (Å²) in [6.45, 7) is 0.803. The van der Waals surface area contributed by atoms with Crippen LogP contribution >= 0.6 is 0 Å². The van der Waals surface area contributed by atoms with Crippen LogP contribution in [0.2, 0.25) is 0 Å². The van der Waals surface area contributed by atoms with Crippen LogP contribution in [-0.2, 0) is 6.18 Å². The number of hydrogen-bond acceptors (Lipinski definition) is 1. The summed E-state index contributed by atoms with van der Waals surface area (Å²) >= 11 is 0. The number of carbonyl (C=O) groups is 1. The van der Waals surface area contributed by atoms with Crippen molar-refractivity contribution in [2.24, 2.45) is 0 Å². The molecule has 0 atom stereocenters. The van der Waals surface area contributed by atoms with E-state index in [1.165, 1.54) is 0 Å². The summed E-state index contributed by atoms with van der Waals surface area (Å²) in [6.07, 6.45) is -8.30. The molecule has 0 fully saturated rings. The average molecular weight is 256 g/mol. The summed E-state index contributed by atoms with van der Waals surface area (Å²) in [5, 5.41) is 0. The Kier molecular flexibility index (Phi) is 3.49. The lowest BCUT2D eigenvalue weighted by atomic mass is 10.0. The van der Waals surface area contributed by atoms with Crippen molar-refractivity contribution in [2.45, 2.75) is 19.5 Å². The molecule has 0 amide bonds. The van der Waals surface area contributed by atoms with E-state index in [0.717, 1.165) is 6.92 Å². The second-order valence-corrected chi connectivity index (χ2v) is 3.28. The van der Waals surface area contributed by atoms with Crippen molar-refractivity contribution in [3.63, 3.8) is 0 Å². The molecule has 0 aliphatic heterocycles. The van der Waals surface area contributed by atoms with Gasteiger partial charge in [-0.05, 0) is 19.1 Å². The second kappa shape index (κ2) is 4.38. The Bertz CT molecular complexity index is 449. The Morgan fingerprint density at radius 1 is 1.24 bits per heavy atom. The van der Waals surface area contributed by atoms with E-state index in [-0.39, 0.29) is 12.1 Å². The molecule has 0 heterocycles. The molecule has 0 unspecified atom stereocenters. The maximum absolute atomic E-state index is 13.2. The van der Waals surface area contributed by atoms with Gasteiger partial charge in [0, 0.05) is 5.56 Å². The van der Waals surface area contributed by atoms with Crippen molar-refractivity contribution in [1.29, 1.82) is 0 Å². The molecule has 0 saturated heterocycles. The normalized spacial score (nSPS) is 12.0. The van der Waals surface area contributed by atoms with E-state index in [1.807, 2.05) is 0 Å². The van der Waals surface area contributed by atoms with Gasteiger partial charge < -0.3 is 0 Å². The first-order chi connectivity index (χ1) is 7.64. The molecular weight excluding hydrogens is 250 g/mol. The van der Waals surface area contributed by atoms with Gasteiger partial charge in [0.15, 0.2) is 5.78 Å². The third-order valence-corrected chi connectivity index (χ3v) is 2.04. The van der Waals surface area contributed by atoms with Gasteiger partial charge >= 0.3 is 6.18 Å². The lowest BCUT2D eigenvalue weighted by Crippen LogP contribution is -2.11. The fourth-order valence-corrected chi connectivity index (χ4v) is 1.34. The highest BCUT2D eigenvalue weighted by Crippen LogP contribution is 2.35. The molecular formula is C10H6F6O. The van der Waals surface area contributed by atoms with Crippen molar-refractivity contribution in [3.8, 4) is 0 Å². The van der Waals surface area contributed by atoms with Gasteiger partial charge in [0.25, 0.3) is 6.43 Å². The predicted octanol–water partition coefficient (Wildman–Crippen LogP) is 3.98. The quantitative estimate of drug-likeness (QED) is 0.577. The van der Waals surface area contributed by atoms with Crippen LogP contribution in [0.5, 0.6) is 0 Å². The standard InChI is InChI=1S/C10H6F6O/c1-4(17)8-6(9(12)13)2-5(3-7(8)11)10(14,15)16/h2-3,9H,1H3. The third-order valence-electron chi connectivity index (χ3n) is 2.04. The molecule has 0 aliphatic rings. The number of alkyl halides is 5. The molecule has 0 saturated carbocycles. The molecule has 1 aromatic carbocycles. The number of carbonyl (C=O) groups excluding carboxylic acids is 1. The zero-order valence-corrected chi connectivity index (χ0v) is 8.41. The zero-order chi connectivity index (χ0) is 13.4. The number of benzene rings is 1. The molecule has 17 heavy (non-hydrogen) atoms. The van der Waals surface area contributed by atoms with Crippen molar-refractivity contribution < 1.29 is 31.1 Å². The highest BCUT2D eigenvalue weighted by Gasteiger charge is 2.34. The highest BCUT2D eigenvalue weighted by molar-refractivity contribution is 5.96. The fraction of sp³-hybridized carbons (Fsp3) is 0.300. The third kappa shape index (κ3) is 2.78. The monoisotopic (exact) mass is 256 g/mol. The first kappa shape index (κ1) is 13.5. The van der Waals surface area contributed by atoms with Crippen LogP contribution in [0, 0.1) is 5.82 Å². The van der Waals surface area contributed by atoms with Gasteiger partial charge in [-0.15, -0.1) is 0 Å². The van der Waals surface area contributed by atoms with Gasteiger partial charge in [0.1, 0.15) is 5.82 Å². The summed E-state index contributed by atoms with van der Waals surface area (Å²) < 4.78 is 74.8. The van der Waals surface area contributed by atoms with E-state index < -0.39 is 40.9 Å². The molecule has 7 heteroatoms. The van der Waals surface area contributed by atoms with Gasteiger partial charge in [-0.1, -0.05) is 0 Å². The van der Waals surface area contributed by atoms with Gasteiger partial charge in [-0.25, -0.2) is 13.2 Å². The molecule has 0 N–H and O–H groups in total. The molecule has 94 valence electrons. The molecule has 1 nitrogen and oxygen atoms in total. The Hall–Kier alpha value is -1.53. The fourth-order valence-electron chi connectivity index (χ4n) is 1.34. The van der Waals surface area contributed by atoms with Gasteiger partial charge in [-0.2, -0.15) is 13.2 Å². The second-order valence-electron chi connectivity index (χ2n) is 3.28. The minimum absolute atomic E-state index is 0.0304. The summed E-state index contributed by atoms with van der Waals surface area (Å²) in [5.74, 6) is -2.64. The Balaban J connectivity index is 3.52. The number of Topliss-reactive ketones (excluding diaryl/α,β-unsaturated/α-hetero) is 1. The maximum Gasteiger partial charge on any atom is 0.416 e. The minimum Gasteiger partial charge on any atom is -0.294 e. The lowest BCUT2D eigenvalue weighted by molar-refractivity contribution is -0.137. The van der Waals surface area contributed by atoms with Crippen LogP contribution in [-0.4, -0.2) is 5.78 Å². The largest absolute Gasteiger partial charge is 0.416 e. The molecule has 0 radical (unpaired) electrons. The summed E-state index contributed by atoms with van der Waals surface area (Å²) in [6, 6.07) is 0.118. The van der Waals surface area contributed by atoms with Crippen molar-refractivity contribution in [1.82, 2.24) is 0 Å². The lowest BCUT2D eigenvalue weighted by Gasteiger charge is -2.12. The van der Waals surface area contributed by atoms with Gasteiger partial charge in [0.05, 0.1) is 11.1 Å². The van der Waals surface area contributed by atoms with Crippen LogP contribution in [0.1, 0.15) is 34.8 Å². The Morgan fingerprint density at radius 2 is 1.76 bits per heavy atom. The number of rotatable bonds is 2. The average Bonchev–Trinajstić information content (AvgIpc) is 2.13. The molecule has 0 aliphatic carbocycles. The van der Waals surface area contributed by atoms with Crippen LogP contribution in [0.25, 0.3) is 0 Å². The van der Waals surface area contributed by atoms with E-state index in [4.69, 9.17) is 0 Å². The molecule has 1 aromatic rings. The Labute approximate surface area is 92.0 Å². The summed E-state index contributed by atoms with van der Waals surface area (Å²) in [4.78, 5) is 10.9. The van der Waals surface area contributed by atoms with Crippen LogP contribution in [0.3, 0.4) is 0 Å². The molecule has 1 rings (SSSR count). The van der Waals surface area contributed by atoms with Crippen molar-refractivity contribution >= 4 is 5.78 Å². The van der Waals surface area contributed by atoms with E-state index in [1.54, 1.807) is 0 Å². The molecule has 0 aromatic heterocycles. The van der Waals surface area contributed by atoms with Gasteiger partial charge in [-0.3, -0.25) is 4.79 Å². The zero-order valence-electron chi connectivity index (χ0n) is 8.41. The van der Waals surface area contributed by atoms with E-state index >= 15 is 0 Å². The topological polar surface area (TPSA) is 17.1 Å². The van der Waals surface area contributed by atoms with Crippen molar-refractivity contribution in [3.05, 3.63) is 34.6 Å². The van der Waals surface area contributed by atoms with Gasteiger partial charge in [0.2, 0.25) is 0 Å². The van der Waals surface area contributed by atoms with Crippen molar-refractivity contribution in [2.75, 3.05) is 0 Å². The van der Waals surface area contributed by atoms with Crippen LogP contribution in [0.4, 0.5) is 26.3 Å². The summed E-state index contributed by atoms with van der Waals surface area (Å²) in [7, 11) is 0. The SMILES string of the molecule is CC(=O)c1c(F)cc(C(F)(F)F)cc1C(F)F. The first-order valence-corrected chi connectivity index (χ1v) is 4.34. The summed E-state index contributed by atoms with van der Waals surface area (Å²) in [5.41, 5.74) is -3.80. The van der Waals surface area contributed by atoms with E-state index in [9.17, 15) is 31.1 Å². The first-order valence-electron chi connectivity index (χ1n) is 4.34. The molecule has 0 spiro atoms. The van der Waals surface area contributed by atoms with E-state index in [2.05, 4.69) is 0 Å². The minimum atomic E-state index is -4.94. The van der Waals surface area contributed by atoms with Crippen LogP contribution in [0.15, 0.2) is 12.1 Å². The predicted molar refractivity (Wildman–Crippen MR) is 46.4 cm³/mol. The maximum atomic E-state index is 13.2. The number of hydrogen-bond donors (Lipinski definition) is 0. The smallest absolute Gasteiger partial charge is 0.294 e. The van der Waals surface area contributed by atoms with Crippen LogP contribution < -0.4 is 0 Å². The number of halogens is 6. The highest BCUT2D eigenvalue weighted by atomic mass is 19.4. The number of ketones is 1.